The van der Waals surface area contributed by atoms with Crippen molar-refractivity contribution < 1.29 is 4.74 Å². The SMILES string of the molecule is COc1ccccc1-c1cnc(Nc2ccc(C)cc2)c2nccn12. The molecule has 0 amide bonds. The van der Waals surface area contributed by atoms with Crippen LogP contribution >= 0.6 is 0 Å². The highest BCUT2D eigenvalue weighted by atomic mass is 16.5. The molecule has 1 N–H and O–H groups in total. The molecule has 5 heteroatoms. The first kappa shape index (κ1) is 15.2. The smallest absolute Gasteiger partial charge is 0.180 e. The Kier molecular flexibility index (Phi) is 3.82. The highest BCUT2D eigenvalue weighted by Gasteiger charge is 2.13. The first-order chi connectivity index (χ1) is 12.3. The Morgan fingerprint density at radius 1 is 1.00 bits per heavy atom. The maximum Gasteiger partial charge on any atom is 0.180 e. The van der Waals surface area contributed by atoms with Crippen LogP contribution in [0.15, 0.2) is 67.1 Å². The van der Waals surface area contributed by atoms with E-state index >= 15 is 0 Å². The third kappa shape index (κ3) is 2.80. The molecule has 0 fully saturated rings. The Labute approximate surface area is 145 Å². The molecule has 2 aromatic heterocycles. The van der Waals surface area contributed by atoms with Gasteiger partial charge in [0.05, 0.1) is 19.0 Å². The number of fused-ring (bicyclic) bond motifs is 1. The Morgan fingerprint density at radius 3 is 2.60 bits per heavy atom. The van der Waals surface area contributed by atoms with Crippen molar-refractivity contribution in [3.8, 4) is 17.0 Å². The largest absolute Gasteiger partial charge is 0.496 e. The van der Waals surface area contributed by atoms with Gasteiger partial charge in [-0.05, 0) is 31.2 Å². The minimum absolute atomic E-state index is 0.715. The zero-order chi connectivity index (χ0) is 17.2. The topological polar surface area (TPSA) is 51.5 Å². The van der Waals surface area contributed by atoms with Crippen molar-refractivity contribution >= 4 is 17.2 Å². The summed E-state index contributed by atoms with van der Waals surface area (Å²) in [5.41, 5.74) is 4.87. The molecule has 0 aliphatic rings. The van der Waals surface area contributed by atoms with Gasteiger partial charge < -0.3 is 10.1 Å². The molecule has 0 atom stereocenters. The van der Waals surface area contributed by atoms with Crippen LogP contribution in [-0.2, 0) is 0 Å². The number of hydrogen-bond donors (Lipinski definition) is 1. The van der Waals surface area contributed by atoms with E-state index in [4.69, 9.17) is 4.74 Å². The molecule has 0 bridgehead atoms. The third-order valence-corrected chi connectivity index (χ3v) is 4.13. The number of aromatic nitrogens is 3. The van der Waals surface area contributed by atoms with Gasteiger partial charge in [0.15, 0.2) is 11.5 Å². The van der Waals surface area contributed by atoms with E-state index in [0.717, 1.165) is 28.3 Å². The number of hydrogen-bond acceptors (Lipinski definition) is 4. The molecule has 0 unspecified atom stereocenters. The summed E-state index contributed by atoms with van der Waals surface area (Å²) in [6, 6.07) is 16.1. The van der Waals surface area contributed by atoms with E-state index in [1.807, 2.05) is 53.2 Å². The molecule has 0 aliphatic heterocycles. The highest BCUT2D eigenvalue weighted by molar-refractivity contribution is 5.76. The molecule has 2 aromatic carbocycles. The average molecular weight is 330 g/mol. The number of benzene rings is 2. The van der Waals surface area contributed by atoms with Crippen LogP contribution in [-0.4, -0.2) is 21.5 Å². The standard InChI is InChI=1S/C20H18N4O/c1-14-7-9-15(10-8-14)23-19-20-21-11-12-24(20)17(13-22-19)16-5-3-4-6-18(16)25-2/h3-13H,1-2H3,(H,22,23). The Balaban J connectivity index is 1.80. The van der Waals surface area contributed by atoms with Crippen LogP contribution in [0.4, 0.5) is 11.5 Å². The van der Waals surface area contributed by atoms with E-state index in [0.29, 0.717) is 5.82 Å². The molecule has 0 saturated heterocycles. The maximum absolute atomic E-state index is 5.49. The van der Waals surface area contributed by atoms with Gasteiger partial charge in [-0.1, -0.05) is 29.8 Å². The van der Waals surface area contributed by atoms with E-state index in [2.05, 4.69) is 34.3 Å². The van der Waals surface area contributed by atoms with Crippen LogP contribution in [0.25, 0.3) is 16.9 Å². The summed E-state index contributed by atoms with van der Waals surface area (Å²) in [6.07, 6.45) is 5.54. The van der Waals surface area contributed by atoms with Crippen LogP contribution in [0.1, 0.15) is 5.56 Å². The molecule has 4 aromatic rings. The quantitative estimate of drug-likeness (QED) is 0.600. The molecule has 124 valence electrons. The number of nitrogens with one attached hydrogen (secondary N) is 1. The lowest BCUT2D eigenvalue weighted by molar-refractivity contribution is 0.416. The van der Waals surface area contributed by atoms with E-state index in [9.17, 15) is 0 Å². The molecule has 0 saturated carbocycles. The maximum atomic E-state index is 5.49. The van der Waals surface area contributed by atoms with Crippen LogP contribution in [0.3, 0.4) is 0 Å². The second-order valence-electron chi connectivity index (χ2n) is 5.80. The normalized spacial score (nSPS) is 10.8. The fraction of sp³-hybridized carbons (Fsp3) is 0.100. The minimum atomic E-state index is 0.715. The fourth-order valence-corrected chi connectivity index (χ4v) is 2.84. The zero-order valence-corrected chi connectivity index (χ0v) is 14.1. The monoisotopic (exact) mass is 330 g/mol. The van der Waals surface area contributed by atoms with Crippen molar-refractivity contribution in [2.75, 3.05) is 12.4 Å². The molecule has 2 heterocycles. The first-order valence-electron chi connectivity index (χ1n) is 8.05. The molecule has 25 heavy (non-hydrogen) atoms. The summed E-state index contributed by atoms with van der Waals surface area (Å²) in [5.74, 6) is 1.52. The summed E-state index contributed by atoms with van der Waals surface area (Å²) in [4.78, 5) is 9.07. The van der Waals surface area contributed by atoms with Gasteiger partial charge in [-0.2, -0.15) is 0 Å². The van der Waals surface area contributed by atoms with Crippen LogP contribution < -0.4 is 10.1 Å². The number of aryl methyl sites for hydroxylation is 1. The Hall–Kier alpha value is -3.34. The van der Waals surface area contributed by atoms with Crippen molar-refractivity contribution in [2.45, 2.75) is 6.92 Å². The van der Waals surface area contributed by atoms with E-state index in [1.165, 1.54) is 5.56 Å². The van der Waals surface area contributed by atoms with Gasteiger partial charge in [0.2, 0.25) is 0 Å². The van der Waals surface area contributed by atoms with Crippen molar-refractivity contribution in [3.63, 3.8) is 0 Å². The first-order valence-corrected chi connectivity index (χ1v) is 8.05. The Morgan fingerprint density at radius 2 is 1.80 bits per heavy atom. The minimum Gasteiger partial charge on any atom is -0.496 e. The van der Waals surface area contributed by atoms with Gasteiger partial charge in [-0.25, -0.2) is 9.97 Å². The van der Waals surface area contributed by atoms with Crippen molar-refractivity contribution in [3.05, 3.63) is 72.7 Å². The number of rotatable bonds is 4. The third-order valence-electron chi connectivity index (χ3n) is 4.13. The lowest BCUT2D eigenvalue weighted by atomic mass is 10.1. The lowest BCUT2D eigenvalue weighted by Crippen LogP contribution is -2.01. The summed E-state index contributed by atoms with van der Waals surface area (Å²) in [6.45, 7) is 2.07. The number of nitrogens with zero attached hydrogens (tertiary/aromatic N) is 3. The van der Waals surface area contributed by atoms with Gasteiger partial charge >= 0.3 is 0 Å². The van der Waals surface area contributed by atoms with Gasteiger partial charge in [-0.15, -0.1) is 0 Å². The van der Waals surface area contributed by atoms with Crippen molar-refractivity contribution in [2.24, 2.45) is 0 Å². The van der Waals surface area contributed by atoms with Gasteiger partial charge in [0.25, 0.3) is 0 Å². The predicted molar refractivity (Wildman–Crippen MR) is 99.4 cm³/mol. The van der Waals surface area contributed by atoms with Crippen molar-refractivity contribution in [1.82, 2.24) is 14.4 Å². The molecule has 4 rings (SSSR count). The van der Waals surface area contributed by atoms with Gasteiger partial charge in [0, 0.05) is 23.6 Å². The lowest BCUT2D eigenvalue weighted by Gasteiger charge is -2.13. The van der Waals surface area contributed by atoms with Crippen molar-refractivity contribution in [1.29, 1.82) is 0 Å². The summed E-state index contributed by atoms with van der Waals surface area (Å²) in [7, 11) is 1.67. The molecule has 5 nitrogen and oxygen atoms in total. The Bertz CT molecular complexity index is 1020. The highest BCUT2D eigenvalue weighted by Crippen LogP contribution is 2.31. The predicted octanol–water partition coefficient (Wildman–Crippen LogP) is 4.46. The number of imidazole rings is 1. The average Bonchev–Trinajstić information content (AvgIpc) is 3.14. The zero-order valence-electron chi connectivity index (χ0n) is 14.1. The van der Waals surface area contributed by atoms with Gasteiger partial charge in [-0.3, -0.25) is 4.40 Å². The van der Waals surface area contributed by atoms with Crippen LogP contribution in [0.5, 0.6) is 5.75 Å². The molecular weight excluding hydrogens is 312 g/mol. The molecule has 0 spiro atoms. The molecule has 0 aliphatic carbocycles. The second kappa shape index (κ2) is 6.28. The summed E-state index contributed by atoms with van der Waals surface area (Å²) < 4.78 is 7.50. The molecular formula is C20H18N4O. The van der Waals surface area contributed by atoms with E-state index in [-0.39, 0.29) is 0 Å². The second-order valence-corrected chi connectivity index (χ2v) is 5.80. The van der Waals surface area contributed by atoms with E-state index < -0.39 is 0 Å². The number of anilines is 2. The van der Waals surface area contributed by atoms with Crippen LogP contribution in [0, 0.1) is 6.92 Å². The number of methoxy groups -OCH3 is 1. The summed E-state index contributed by atoms with van der Waals surface area (Å²) >= 11 is 0. The number of ether oxygens (including phenoxy) is 1. The molecule has 0 radical (unpaired) electrons. The van der Waals surface area contributed by atoms with E-state index in [1.54, 1.807) is 13.3 Å². The number of para-hydroxylation sites is 1. The summed E-state index contributed by atoms with van der Waals surface area (Å²) in [5, 5.41) is 3.34. The van der Waals surface area contributed by atoms with Gasteiger partial charge in [0.1, 0.15) is 5.75 Å². The van der Waals surface area contributed by atoms with Crippen LogP contribution in [0.2, 0.25) is 0 Å². The fourth-order valence-electron chi connectivity index (χ4n) is 2.84.